The standard InChI is InChI=1S/C19H26N4O2/c1-2-3-4-5-6-7-12-25-17-9-8-15(20)13-16(17)19(24)23-18-14-21-10-11-22-18/h8-11,13-14H,2-7,12,20H2,1H3,(H,22,23,24). The molecule has 6 nitrogen and oxygen atoms in total. The number of ether oxygens (including phenoxy) is 1. The van der Waals surface area contributed by atoms with Crippen molar-refractivity contribution < 1.29 is 9.53 Å². The van der Waals surface area contributed by atoms with Crippen LogP contribution in [0.25, 0.3) is 0 Å². The van der Waals surface area contributed by atoms with Crippen molar-refractivity contribution in [2.75, 3.05) is 17.7 Å². The Morgan fingerprint density at radius 3 is 2.72 bits per heavy atom. The van der Waals surface area contributed by atoms with Crippen molar-refractivity contribution in [2.45, 2.75) is 45.4 Å². The third-order valence-corrected chi connectivity index (χ3v) is 3.81. The summed E-state index contributed by atoms with van der Waals surface area (Å²) in [4.78, 5) is 20.5. The van der Waals surface area contributed by atoms with Crippen LogP contribution in [0.2, 0.25) is 0 Å². The number of nitrogen functional groups attached to an aromatic ring is 1. The Hall–Kier alpha value is -2.63. The number of nitrogens with zero attached hydrogens (tertiary/aromatic N) is 2. The van der Waals surface area contributed by atoms with Crippen LogP contribution in [0.1, 0.15) is 55.8 Å². The van der Waals surface area contributed by atoms with E-state index in [4.69, 9.17) is 10.5 Å². The van der Waals surface area contributed by atoms with Crippen LogP contribution >= 0.6 is 0 Å². The highest BCUT2D eigenvalue weighted by Gasteiger charge is 2.14. The summed E-state index contributed by atoms with van der Waals surface area (Å²) in [6.45, 7) is 2.79. The number of nitrogens with one attached hydrogen (secondary N) is 1. The Morgan fingerprint density at radius 1 is 1.16 bits per heavy atom. The van der Waals surface area contributed by atoms with Gasteiger partial charge in [0.15, 0.2) is 5.82 Å². The van der Waals surface area contributed by atoms with Crippen molar-refractivity contribution in [1.82, 2.24) is 9.97 Å². The topological polar surface area (TPSA) is 90.1 Å². The lowest BCUT2D eigenvalue weighted by Crippen LogP contribution is -2.15. The van der Waals surface area contributed by atoms with Crippen molar-refractivity contribution in [2.24, 2.45) is 0 Å². The normalized spacial score (nSPS) is 10.4. The van der Waals surface area contributed by atoms with Crippen LogP contribution in [-0.4, -0.2) is 22.5 Å². The van der Waals surface area contributed by atoms with E-state index < -0.39 is 0 Å². The minimum Gasteiger partial charge on any atom is -0.493 e. The molecule has 0 saturated carbocycles. The second-order valence-electron chi connectivity index (χ2n) is 5.92. The zero-order valence-corrected chi connectivity index (χ0v) is 14.7. The predicted molar refractivity (Wildman–Crippen MR) is 99.7 cm³/mol. The molecule has 0 fully saturated rings. The number of rotatable bonds is 10. The van der Waals surface area contributed by atoms with E-state index >= 15 is 0 Å². The molecule has 0 bridgehead atoms. The molecule has 2 aromatic rings. The third kappa shape index (κ3) is 6.41. The molecular weight excluding hydrogens is 316 g/mol. The first-order valence-corrected chi connectivity index (χ1v) is 8.80. The molecule has 0 atom stereocenters. The number of unbranched alkanes of at least 4 members (excludes halogenated alkanes) is 5. The summed E-state index contributed by atoms with van der Waals surface area (Å²) < 4.78 is 5.81. The van der Waals surface area contributed by atoms with E-state index in [2.05, 4.69) is 22.2 Å². The maximum absolute atomic E-state index is 12.5. The van der Waals surface area contributed by atoms with Gasteiger partial charge in [-0.15, -0.1) is 0 Å². The minimum atomic E-state index is -0.314. The molecule has 0 saturated heterocycles. The largest absolute Gasteiger partial charge is 0.493 e. The summed E-state index contributed by atoms with van der Waals surface area (Å²) in [7, 11) is 0. The average Bonchev–Trinajstić information content (AvgIpc) is 2.62. The zero-order chi connectivity index (χ0) is 17.9. The molecule has 1 amide bonds. The van der Waals surface area contributed by atoms with Gasteiger partial charge in [0, 0.05) is 18.1 Å². The summed E-state index contributed by atoms with van der Waals surface area (Å²) in [6, 6.07) is 5.08. The van der Waals surface area contributed by atoms with Gasteiger partial charge in [-0.25, -0.2) is 4.98 Å². The molecule has 1 heterocycles. The Morgan fingerprint density at radius 2 is 1.96 bits per heavy atom. The third-order valence-electron chi connectivity index (χ3n) is 3.81. The zero-order valence-electron chi connectivity index (χ0n) is 14.7. The summed E-state index contributed by atoms with van der Waals surface area (Å²) >= 11 is 0. The quantitative estimate of drug-likeness (QED) is 0.502. The van der Waals surface area contributed by atoms with E-state index in [9.17, 15) is 4.79 Å². The van der Waals surface area contributed by atoms with Gasteiger partial charge < -0.3 is 15.8 Å². The first-order valence-electron chi connectivity index (χ1n) is 8.80. The van der Waals surface area contributed by atoms with Crippen molar-refractivity contribution in [1.29, 1.82) is 0 Å². The summed E-state index contributed by atoms with van der Waals surface area (Å²) in [5.41, 5.74) is 6.73. The lowest BCUT2D eigenvalue weighted by Gasteiger charge is -2.12. The smallest absolute Gasteiger partial charge is 0.260 e. The summed E-state index contributed by atoms with van der Waals surface area (Å²) in [5.74, 6) is 0.603. The molecule has 1 aromatic carbocycles. The van der Waals surface area contributed by atoms with Gasteiger partial charge in [-0.1, -0.05) is 39.0 Å². The Kier molecular flexibility index (Phi) is 7.69. The number of carbonyl (C=O) groups is 1. The molecule has 6 heteroatoms. The molecule has 0 aliphatic heterocycles. The number of nitrogens with two attached hydrogens (primary N) is 1. The molecule has 0 aliphatic rings. The highest BCUT2D eigenvalue weighted by atomic mass is 16.5. The van der Waals surface area contributed by atoms with Gasteiger partial charge in [0.2, 0.25) is 0 Å². The lowest BCUT2D eigenvalue weighted by molar-refractivity contribution is 0.102. The number of benzene rings is 1. The predicted octanol–water partition coefficient (Wildman–Crippen LogP) is 4.05. The molecular formula is C19H26N4O2. The second kappa shape index (κ2) is 10.3. The van der Waals surface area contributed by atoms with Gasteiger partial charge in [0.05, 0.1) is 18.4 Å². The average molecular weight is 342 g/mol. The van der Waals surface area contributed by atoms with Crippen molar-refractivity contribution in [3.63, 3.8) is 0 Å². The molecule has 3 N–H and O–H groups in total. The van der Waals surface area contributed by atoms with Crippen LogP contribution in [0.4, 0.5) is 11.5 Å². The maximum Gasteiger partial charge on any atom is 0.260 e. The first-order chi connectivity index (χ1) is 12.2. The van der Waals surface area contributed by atoms with Crippen LogP contribution in [0.15, 0.2) is 36.8 Å². The van der Waals surface area contributed by atoms with E-state index in [0.717, 1.165) is 12.8 Å². The fraction of sp³-hybridized carbons (Fsp3) is 0.421. The van der Waals surface area contributed by atoms with E-state index in [1.807, 2.05) is 0 Å². The number of amides is 1. The van der Waals surface area contributed by atoms with Gasteiger partial charge in [-0.05, 0) is 24.6 Å². The lowest BCUT2D eigenvalue weighted by atomic mass is 10.1. The number of anilines is 2. The van der Waals surface area contributed by atoms with E-state index in [1.165, 1.54) is 38.1 Å². The highest BCUT2D eigenvalue weighted by molar-refractivity contribution is 6.06. The minimum absolute atomic E-state index is 0.314. The van der Waals surface area contributed by atoms with Crippen molar-refractivity contribution in [3.8, 4) is 5.75 Å². The van der Waals surface area contributed by atoms with Crippen molar-refractivity contribution in [3.05, 3.63) is 42.4 Å². The Balaban J connectivity index is 1.91. The molecule has 134 valence electrons. The number of hydrogen-bond acceptors (Lipinski definition) is 5. The van der Waals surface area contributed by atoms with E-state index in [1.54, 1.807) is 24.4 Å². The maximum atomic E-state index is 12.5. The van der Waals surface area contributed by atoms with E-state index in [-0.39, 0.29) is 5.91 Å². The second-order valence-corrected chi connectivity index (χ2v) is 5.92. The van der Waals surface area contributed by atoms with Crippen LogP contribution < -0.4 is 15.8 Å². The molecule has 0 radical (unpaired) electrons. The molecule has 1 aromatic heterocycles. The summed E-state index contributed by atoms with van der Waals surface area (Å²) in [6.07, 6.45) is 11.7. The molecule has 2 rings (SSSR count). The van der Waals surface area contributed by atoms with Crippen LogP contribution in [0.5, 0.6) is 5.75 Å². The van der Waals surface area contributed by atoms with Gasteiger partial charge in [0.25, 0.3) is 5.91 Å². The van der Waals surface area contributed by atoms with Gasteiger partial charge in [0.1, 0.15) is 5.75 Å². The fourth-order valence-electron chi connectivity index (χ4n) is 2.46. The highest BCUT2D eigenvalue weighted by Crippen LogP contribution is 2.23. The SMILES string of the molecule is CCCCCCCCOc1ccc(N)cc1C(=O)Nc1cnccn1. The Bertz CT molecular complexity index is 662. The number of aromatic nitrogens is 2. The number of hydrogen-bond donors (Lipinski definition) is 2. The summed E-state index contributed by atoms with van der Waals surface area (Å²) in [5, 5.41) is 2.70. The van der Waals surface area contributed by atoms with Gasteiger partial charge in [-0.3, -0.25) is 9.78 Å². The molecule has 0 spiro atoms. The van der Waals surface area contributed by atoms with Crippen molar-refractivity contribution >= 4 is 17.4 Å². The van der Waals surface area contributed by atoms with E-state index in [0.29, 0.717) is 29.4 Å². The molecule has 25 heavy (non-hydrogen) atoms. The van der Waals surface area contributed by atoms with Crippen LogP contribution in [-0.2, 0) is 0 Å². The van der Waals surface area contributed by atoms with Gasteiger partial charge in [-0.2, -0.15) is 0 Å². The van der Waals surface area contributed by atoms with Crippen LogP contribution in [0.3, 0.4) is 0 Å². The molecule has 0 unspecified atom stereocenters. The molecule has 0 aliphatic carbocycles. The number of carbonyl (C=O) groups excluding carboxylic acids is 1. The monoisotopic (exact) mass is 342 g/mol. The van der Waals surface area contributed by atoms with Crippen LogP contribution in [0, 0.1) is 0 Å². The fourth-order valence-corrected chi connectivity index (χ4v) is 2.46. The first kappa shape index (κ1) is 18.7. The van der Waals surface area contributed by atoms with Gasteiger partial charge >= 0.3 is 0 Å². The Labute approximate surface area is 148 Å².